The molecule has 0 unspecified atom stereocenters. The van der Waals surface area contributed by atoms with Gasteiger partial charge in [0.2, 0.25) is 5.76 Å². The van der Waals surface area contributed by atoms with Crippen molar-refractivity contribution >= 4 is 23.3 Å². The molecule has 29 heavy (non-hydrogen) atoms. The van der Waals surface area contributed by atoms with E-state index in [-0.39, 0.29) is 40.4 Å². The van der Waals surface area contributed by atoms with Crippen molar-refractivity contribution in [1.82, 2.24) is 20.3 Å². The van der Waals surface area contributed by atoms with Gasteiger partial charge in [0, 0.05) is 31.3 Å². The van der Waals surface area contributed by atoms with Gasteiger partial charge < -0.3 is 9.84 Å². The summed E-state index contributed by atoms with van der Waals surface area (Å²) in [5.74, 6) is -1.52. The first-order valence-electron chi connectivity index (χ1n) is 8.50. The number of halogens is 2. The third-order valence-corrected chi connectivity index (χ3v) is 4.46. The van der Waals surface area contributed by atoms with Crippen molar-refractivity contribution in [1.29, 1.82) is 5.26 Å². The number of rotatable bonds is 6. The van der Waals surface area contributed by atoms with Gasteiger partial charge in [0.15, 0.2) is 11.5 Å². The number of hydrogen-bond donors (Lipinski definition) is 1. The molecule has 0 aliphatic rings. The minimum Gasteiger partial charge on any atom is -0.352 e. The zero-order chi connectivity index (χ0) is 21.1. The standard InChI is InChI=1S/C19H15ClFN5O3/c1-10(9-23-19(28)17-7-18(11(2)27)29-25-17)26-4-3-16(24-26)12-5-14(20)13(8-22)15(21)6-12/h3-7,10H,9H2,1-2H3,(H,23,28)/t10-/m0/s1. The normalized spacial score (nSPS) is 11.7. The Morgan fingerprint density at radius 2 is 2.17 bits per heavy atom. The molecule has 8 nitrogen and oxygen atoms in total. The van der Waals surface area contributed by atoms with Crippen LogP contribution in [0, 0.1) is 17.1 Å². The van der Waals surface area contributed by atoms with Gasteiger partial charge in [0.05, 0.1) is 16.8 Å². The minimum absolute atomic E-state index is 0.00579. The highest BCUT2D eigenvalue weighted by molar-refractivity contribution is 6.32. The van der Waals surface area contributed by atoms with Crippen LogP contribution in [0.15, 0.2) is 35.0 Å². The van der Waals surface area contributed by atoms with Crippen LogP contribution in [0.25, 0.3) is 11.3 Å². The Balaban J connectivity index is 1.68. The molecule has 1 atom stereocenters. The van der Waals surface area contributed by atoms with Gasteiger partial charge in [-0.05, 0) is 25.1 Å². The van der Waals surface area contributed by atoms with E-state index in [4.69, 9.17) is 21.4 Å². The molecule has 0 bridgehead atoms. The van der Waals surface area contributed by atoms with E-state index in [2.05, 4.69) is 15.6 Å². The van der Waals surface area contributed by atoms with Crippen molar-refractivity contribution < 1.29 is 18.5 Å². The molecule has 0 aliphatic carbocycles. The molecule has 0 aliphatic heterocycles. The first-order chi connectivity index (χ1) is 13.8. The third kappa shape index (κ3) is 4.33. The molecule has 0 spiro atoms. The number of nitriles is 1. The molecule has 3 aromatic rings. The van der Waals surface area contributed by atoms with Gasteiger partial charge in [-0.3, -0.25) is 14.3 Å². The van der Waals surface area contributed by atoms with Gasteiger partial charge >= 0.3 is 0 Å². The second kappa shape index (κ2) is 8.24. The summed E-state index contributed by atoms with van der Waals surface area (Å²) in [6.07, 6.45) is 1.68. The van der Waals surface area contributed by atoms with Crippen molar-refractivity contribution in [2.75, 3.05) is 6.54 Å². The van der Waals surface area contributed by atoms with E-state index in [1.165, 1.54) is 25.1 Å². The molecular formula is C19H15ClFN5O3. The molecule has 0 fully saturated rings. The van der Waals surface area contributed by atoms with Crippen LogP contribution >= 0.6 is 11.6 Å². The van der Waals surface area contributed by atoms with Crippen molar-refractivity contribution in [3.05, 3.63) is 58.3 Å². The summed E-state index contributed by atoms with van der Waals surface area (Å²) in [7, 11) is 0. The maximum Gasteiger partial charge on any atom is 0.273 e. The number of Topliss-reactive ketones (excluding diaryl/α,β-unsaturated/α-hetero) is 1. The predicted octanol–water partition coefficient (Wildman–Crippen LogP) is 3.40. The minimum atomic E-state index is -0.720. The summed E-state index contributed by atoms with van der Waals surface area (Å²) in [6, 6.07) is 7.09. The Morgan fingerprint density at radius 3 is 2.79 bits per heavy atom. The highest BCUT2D eigenvalue weighted by Crippen LogP contribution is 2.27. The van der Waals surface area contributed by atoms with Gasteiger partial charge in [-0.25, -0.2) is 4.39 Å². The summed E-state index contributed by atoms with van der Waals surface area (Å²) in [5.41, 5.74) is 0.690. The van der Waals surface area contributed by atoms with Crippen molar-refractivity contribution in [3.63, 3.8) is 0 Å². The monoisotopic (exact) mass is 415 g/mol. The number of carbonyl (C=O) groups excluding carboxylic acids is 2. The van der Waals surface area contributed by atoms with Gasteiger partial charge in [-0.2, -0.15) is 10.4 Å². The SMILES string of the molecule is CC(=O)c1cc(C(=O)NC[C@H](C)n2ccc(-c3cc(F)c(C#N)c(Cl)c3)n2)no1. The van der Waals surface area contributed by atoms with Crippen LogP contribution < -0.4 is 5.32 Å². The molecule has 0 saturated heterocycles. The summed E-state index contributed by atoms with van der Waals surface area (Å²) in [5, 5.41) is 19.5. The Bertz CT molecular complexity index is 1110. The first kappa shape index (κ1) is 20.2. The summed E-state index contributed by atoms with van der Waals surface area (Å²) in [4.78, 5) is 23.3. The molecule has 148 valence electrons. The zero-order valence-corrected chi connectivity index (χ0v) is 16.2. The van der Waals surface area contributed by atoms with E-state index in [1.807, 2.05) is 6.92 Å². The van der Waals surface area contributed by atoms with Gasteiger partial charge in [0.1, 0.15) is 17.4 Å². The third-order valence-electron chi connectivity index (χ3n) is 4.16. The zero-order valence-electron chi connectivity index (χ0n) is 15.4. The lowest BCUT2D eigenvalue weighted by Crippen LogP contribution is -2.30. The number of aromatic nitrogens is 3. The second-order valence-corrected chi connectivity index (χ2v) is 6.71. The average Bonchev–Trinajstić information content (AvgIpc) is 3.35. The number of amides is 1. The fourth-order valence-electron chi connectivity index (χ4n) is 2.54. The van der Waals surface area contributed by atoms with Crippen LogP contribution in [0.3, 0.4) is 0 Å². The molecule has 0 radical (unpaired) electrons. The number of hydrogen-bond acceptors (Lipinski definition) is 6. The number of nitrogens with zero attached hydrogens (tertiary/aromatic N) is 4. The van der Waals surface area contributed by atoms with E-state index < -0.39 is 11.7 Å². The van der Waals surface area contributed by atoms with Gasteiger partial charge in [-0.15, -0.1) is 0 Å². The fraction of sp³-hybridized carbons (Fsp3) is 0.211. The highest BCUT2D eigenvalue weighted by atomic mass is 35.5. The molecule has 10 heteroatoms. The molecule has 2 aromatic heterocycles. The van der Waals surface area contributed by atoms with Crippen LogP contribution in [0.1, 0.15) is 46.5 Å². The van der Waals surface area contributed by atoms with E-state index in [1.54, 1.807) is 23.0 Å². The Kier molecular flexibility index (Phi) is 5.75. The lowest BCUT2D eigenvalue weighted by atomic mass is 10.1. The van der Waals surface area contributed by atoms with E-state index in [0.717, 1.165) is 0 Å². The predicted molar refractivity (Wildman–Crippen MR) is 101 cm³/mol. The molecule has 2 heterocycles. The molecule has 0 saturated carbocycles. The molecule has 3 rings (SSSR count). The number of benzene rings is 1. The van der Waals surface area contributed by atoms with Crippen LogP contribution in [0.4, 0.5) is 4.39 Å². The smallest absolute Gasteiger partial charge is 0.273 e. The Hall–Kier alpha value is -3.51. The van der Waals surface area contributed by atoms with Gasteiger partial charge in [-0.1, -0.05) is 16.8 Å². The van der Waals surface area contributed by atoms with Gasteiger partial charge in [0.25, 0.3) is 5.91 Å². The Morgan fingerprint density at radius 1 is 1.41 bits per heavy atom. The van der Waals surface area contributed by atoms with Crippen molar-refractivity contribution in [2.24, 2.45) is 0 Å². The summed E-state index contributed by atoms with van der Waals surface area (Å²) >= 11 is 5.94. The second-order valence-electron chi connectivity index (χ2n) is 6.30. The largest absolute Gasteiger partial charge is 0.352 e. The number of nitrogens with one attached hydrogen (secondary N) is 1. The van der Waals surface area contributed by atoms with Crippen LogP contribution in [-0.4, -0.2) is 33.2 Å². The highest BCUT2D eigenvalue weighted by Gasteiger charge is 2.17. The molecule has 1 N–H and O–H groups in total. The maximum atomic E-state index is 14.0. The van der Waals surface area contributed by atoms with Crippen LogP contribution in [0.5, 0.6) is 0 Å². The average molecular weight is 416 g/mol. The lowest BCUT2D eigenvalue weighted by molar-refractivity contribution is 0.0933. The first-order valence-corrected chi connectivity index (χ1v) is 8.88. The van der Waals surface area contributed by atoms with Crippen LogP contribution in [-0.2, 0) is 0 Å². The lowest BCUT2D eigenvalue weighted by Gasteiger charge is -2.12. The van der Waals surface area contributed by atoms with Crippen molar-refractivity contribution in [3.8, 4) is 17.3 Å². The number of ketones is 1. The topological polar surface area (TPSA) is 114 Å². The van der Waals surface area contributed by atoms with Crippen molar-refractivity contribution in [2.45, 2.75) is 19.9 Å². The summed E-state index contributed by atoms with van der Waals surface area (Å²) < 4.78 is 20.3. The molecule has 1 aromatic carbocycles. The van der Waals surface area contributed by atoms with E-state index >= 15 is 0 Å². The Labute approximate surface area is 169 Å². The van der Waals surface area contributed by atoms with E-state index in [9.17, 15) is 14.0 Å². The quantitative estimate of drug-likeness (QED) is 0.617. The van der Waals surface area contributed by atoms with E-state index in [0.29, 0.717) is 11.3 Å². The fourth-order valence-corrected chi connectivity index (χ4v) is 2.79. The summed E-state index contributed by atoms with van der Waals surface area (Å²) in [6.45, 7) is 3.37. The van der Waals surface area contributed by atoms with Crippen LogP contribution in [0.2, 0.25) is 5.02 Å². The molecule has 1 amide bonds. The number of carbonyl (C=O) groups is 2. The maximum absolute atomic E-state index is 14.0. The molecular weight excluding hydrogens is 401 g/mol.